The summed E-state index contributed by atoms with van der Waals surface area (Å²) in [6, 6.07) is 9.59. The fourth-order valence-corrected chi connectivity index (χ4v) is 2.53. The number of carbonyl (C=O) groups excluding carboxylic acids is 1. The minimum atomic E-state index is -1.22. The van der Waals surface area contributed by atoms with Crippen LogP contribution in [-0.2, 0) is 16.1 Å². The molecule has 2 rings (SSSR count). The van der Waals surface area contributed by atoms with Gasteiger partial charge in [-0.2, -0.15) is 0 Å². The molecular formula is C16H22BrNO4. The molecule has 2 atom stereocenters. The van der Waals surface area contributed by atoms with Crippen LogP contribution < -0.4 is 0 Å². The molecule has 22 heavy (non-hydrogen) atoms. The second kappa shape index (κ2) is 7.94. The van der Waals surface area contributed by atoms with Gasteiger partial charge in [0, 0.05) is 6.54 Å². The van der Waals surface area contributed by atoms with E-state index in [4.69, 9.17) is 9.47 Å². The second-order valence-corrected chi connectivity index (χ2v) is 6.24. The van der Waals surface area contributed by atoms with E-state index in [-0.39, 0.29) is 18.8 Å². The molecule has 1 unspecified atom stereocenters. The van der Waals surface area contributed by atoms with Crippen LogP contribution in [0.15, 0.2) is 30.3 Å². The van der Waals surface area contributed by atoms with Gasteiger partial charge in [-0.1, -0.05) is 46.3 Å². The Labute approximate surface area is 139 Å². The van der Waals surface area contributed by atoms with Gasteiger partial charge >= 0.3 is 6.09 Å². The zero-order valence-corrected chi connectivity index (χ0v) is 14.3. The van der Waals surface area contributed by atoms with Crippen LogP contribution in [0.4, 0.5) is 4.79 Å². The summed E-state index contributed by atoms with van der Waals surface area (Å²) in [6.45, 7) is 2.97. The lowest BCUT2D eigenvalue weighted by molar-refractivity contribution is -0.208. The van der Waals surface area contributed by atoms with Crippen LogP contribution in [0.5, 0.6) is 0 Å². The van der Waals surface area contributed by atoms with Crippen LogP contribution in [0.1, 0.15) is 25.3 Å². The fourth-order valence-electron chi connectivity index (χ4n) is 2.40. The van der Waals surface area contributed by atoms with Crippen molar-refractivity contribution in [1.29, 1.82) is 0 Å². The number of aliphatic hydroxyl groups is 1. The van der Waals surface area contributed by atoms with E-state index in [0.29, 0.717) is 18.4 Å². The Kier molecular flexibility index (Phi) is 6.23. The Balaban J connectivity index is 1.82. The van der Waals surface area contributed by atoms with Crippen molar-refractivity contribution in [3.05, 3.63) is 35.9 Å². The van der Waals surface area contributed by atoms with Gasteiger partial charge in [0.05, 0.1) is 18.0 Å². The van der Waals surface area contributed by atoms with Gasteiger partial charge in [0.1, 0.15) is 6.61 Å². The summed E-state index contributed by atoms with van der Waals surface area (Å²) in [7, 11) is 0. The molecule has 1 aliphatic heterocycles. The van der Waals surface area contributed by atoms with Crippen molar-refractivity contribution in [3.63, 3.8) is 0 Å². The number of likely N-dealkylation sites (tertiary alicyclic amines) is 1. The quantitative estimate of drug-likeness (QED) is 0.638. The summed E-state index contributed by atoms with van der Waals surface area (Å²) in [4.78, 5) is 13.8. The average Bonchev–Trinajstić information content (AvgIpc) is 2.53. The SMILES string of the molecule is CC(O)(CBr)O[C@H]1CCCN(C(=O)OCc2ccccc2)C1. The lowest BCUT2D eigenvalue weighted by Crippen LogP contribution is -2.47. The van der Waals surface area contributed by atoms with E-state index in [9.17, 15) is 9.90 Å². The Bertz CT molecular complexity index is 480. The first kappa shape index (κ1) is 17.2. The summed E-state index contributed by atoms with van der Waals surface area (Å²) < 4.78 is 11.0. The maximum Gasteiger partial charge on any atom is 0.410 e. The molecule has 0 aliphatic carbocycles. The van der Waals surface area contributed by atoms with Crippen molar-refractivity contribution in [2.75, 3.05) is 18.4 Å². The average molecular weight is 372 g/mol. The van der Waals surface area contributed by atoms with Crippen molar-refractivity contribution in [1.82, 2.24) is 4.90 Å². The van der Waals surface area contributed by atoms with Gasteiger partial charge in [-0.05, 0) is 25.3 Å². The first-order valence-corrected chi connectivity index (χ1v) is 8.54. The number of piperidine rings is 1. The molecule has 0 saturated carbocycles. The highest BCUT2D eigenvalue weighted by atomic mass is 79.9. The first-order chi connectivity index (χ1) is 10.5. The van der Waals surface area contributed by atoms with Gasteiger partial charge in [0.25, 0.3) is 0 Å². The zero-order chi connectivity index (χ0) is 16.0. The maximum absolute atomic E-state index is 12.1. The van der Waals surface area contributed by atoms with Gasteiger partial charge in [0.15, 0.2) is 5.79 Å². The topological polar surface area (TPSA) is 59.0 Å². The molecule has 0 bridgehead atoms. The molecule has 122 valence electrons. The number of carbonyl (C=O) groups is 1. The highest BCUT2D eigenvalue weighted by molar-refractivity contribution is 9.09. The molecule has 1 saturated heterocycles. The third-order valence-corrected chi connectivity index (χ3v) is 4.55. The van der Waals surface area contributed by atoms with E-state index in [1.54, 1.807) is 11.8 Å². The van der Waals surface area contributed by atoms with Crippen molar-refractivity contribution in [2.24, 2.45) is 0 Å². The molecule has 1 fully saturated rings. The smallest absolute Gasteiger partial charge is 0.410 e. The maximum atomic E-state index is 12.1. The van der Waals surface area contributed by atoms with Crippen molar-refractivity contribution >= 4 is 22.0 Å². The van der Waals surface area contributed by atoms with Crippen LogP contribution >= 0.6 is 15.9 Å². The lowest BCUT2D eigenvalue weighted by Gasteiger charge is -2.35. The number of nitrogens with zero attached hydrogens (tertiary/aromatic N) is 1. The van der Waals surface area contributed by atoms with Crippen molar-refractivity contribution < 1.29 is 19.4 Å². The van der Waals surface area contributed by atoms with Crippen LogP contribution in [0, 0.1) is 0 Å². The number of amides is 1. The largest absolute Gasteiger partial charge is 0.445 e. The predicted molar refractivity (Wildman–Crippen MR) is 86.7 cm³/mol. The molecule has 1 aromatic carbocycles. The van der Waals surface area contributed by atoms with Crippen molar-refractivity contribution in [2.45, 2.75) is 38.3 Å². The van der Waals surface area contributed by atoms with Gasteiger partial charge in [-0.25, -0.2) is 4.79 Å². The molecule has 0 aromatic heterocycles. The summed E-state index contributed by atoms with van der Waals surface area (Å²) in [5, 5.41) is 10.3. The van der Waals surface area contributed by atoms with Gasteiger partial charge in [0.2, 0.25) is 0 Å². The van der Waals surface area contributed by atoms with Crippen LogP contribution in [0.3, 0.4) is 0 Å². The zero-order valence-electron chi connectivity index (χ0n) is 12.7. The van der Waals surface area contributed by atoms with Crippen LogP contribution in [0.25, 0.3) is 0 Å². The fraction of sp³-hybridized carbons (Fsp3) is 0.562. The Morgan fingerprint density at radius 2 is 2.18 bits per heavy atom. The number of hydrogen-bond donors (Lipinski definition) is 1. The summed E-state index contributed by atoms with van der Waals surface area (Å²) in [5.41, 5.74) is 0.961. The third kappa shape index (κ3) is 5.26. The third-order valence-electron chi connectivity index (χ3n) is 3.51. The highest BCUT2D eigenvalue weighted by Crippen LogP contribution is 2.20. The minimum absolute atomic E-state index is 0.175. The van der Waals surface area contributed by atoms with Gasteiger partial charge in [-0.15, -0.1) is 0 Å². The molecule has 6 heteroatoms. The Morgan fingerprint density at radius 1 is 1.45 bits per heavy atom. The highest BCUT2D eigenvalue weighted by Gasteiger charge is 2.30. The van der Waals surface area contributed by atoms with E-state index in [0.717, 1.165) is 18.4 Å². The van der Waals surface area contributed by atoms with Gasteiger partial charge in [-0.3, -0.25) is 0 Å². The van der Waals surface area contributed by atoms with Crippen molar-refractivity contribution in [3.8, 4) is 0 Å². The normalized spacial score (nSPS) is 21.2. The van der Waals surface area contributed by atoms with Gasteiger partial charge < -0.3 is 19.5 Å². The van der Waals surface area contributed by atoms with Crippen LogP contribution in [0.2, 0.25) is 0 Å². The van der Waals surface area contributed by atoms with E-state index in [1.807, 2.05) is 30.3 Å². The number of hydrogen-bond acceptors (Lipinski definition) is 4. The standard InChI is InChI=1S/C16H22BrNO4/c1-16(20,12-17)22-14-8-5-9-18(10-14)15(19)21-11-13-6-3-2-4-7-13/h2-4,6-7,14,20H,5,8-12H2,1H3/t14-,16?/m0/s1. The molecule has 1 N–H and O–H groups in total. The Morgan fingerprint density at radius 3 is 2.86 bits per heavy atom. The number of rotatable bonds is 5. The monoisotopic (exact) mass is 371 g/mol. The lowest BCUT2D eigenvalue weighted by atomic mass is 10.1. The van der Waals surface area contributed by atoms with E-state index in [1.165, 1.54) is 0 Å². The summed E-state index contributed by atoms with van der Waals surface area (Å²) in [6.07, 6.45) is 1.15. The predicted octanol–water partition coefficient (Wildman–Crippen LogP) is 2.91. The number of benzene rings is 1. The molecule has 1 amide bonds. The number of halogens is 1. The van der Waals surface area contributed by atoms with E-state index >= 15 is 0 Å². The minimum Gasteiger partial charge on any atom is -0.445 e. The Hall–Kier alpha value is -1.11. The summed E-state index contributed by atoms with van der Waals surface area (Å²) in [5.74, 6) is -1.22. The second-order valence-electron chi connectivity index (χ2n) is 5.68. The molecule has 5 nitrogen and oxygen atoms in total. The summed E-state index contributed by atoms with van der Waals surface area (Å²) >= 11 is 3.21. The van der Waals surface area contributed by atoms with E-state index < -0.39 is 5.79 Å². The van der Waals surface area contributed by atoms with Crippen LogP contribution in [-0.4, -0.2) is 46.4 Å². The molecule has 1 aromatic rings. The molecule has 1 aliphatic rings. The molecule has 1 heterocycles. The number of alkyl halides is 1. The molecule has 0 spiro atoms. The number of ether oxygens (including phenoxy) is 2. The first-order valence-electron chi connectivity index (χ1n) is 7.42. The molecule has 0 radical (unpaired) electrons. The van der Waals surface area contributed by atoms with E-state index in [2.05, 4.69) is 15.9 Å². The molecular weight excluding hydrogens is 350 g/mol.